The molecule has 0 spiro atoms. The highest BCUT2D eigenvalue weighted by Crippen LogP contribution is 2.27. The highest BCUT2D eigenvalue weighted by molar-refractivity contribution is 5.77. The molecule has 3 rings (SSSR count). The van der Waals surface area contributed by atoms with Crippen molar-refractivity contribution in [1.82, 2.24) is 4.98 Å². The second-order valence-corrected chi connectivity index (χ2v) is 4.47. The molecule has 0 saturated carbocycles. The molecule has 3 aromatic rings. The van der Waals surface area contributed by atoms with Crippen molar-refractivity contribution >= 4 is 17.2 Å². The largest absolute Gasteiger partial charge is 0.497 e. The van der Waals surface area contributed by atoms with Gasteiger partial charge in [-0.1, -0.05) is 24.3 Å². The lowest BCUT2D eigenvalue weighted by molar-refractivity contribution is 0.414. The van der Waals surface area contributed by atoms with Crippen LogP contribution in [0.15, 0.2) is 53.0 Å². The van der Waals surface area contributed by atoms with Crippen LogP contribution in [-0.2, 0) is 0 Å². The molecule has 100 valence electrons. The number of allylic oxidation sites excluding steroid dienone is 1. The molecule has 3 nitrogen and oxygen atoms in total. The van der Waals surface area contributed by atoms with Gasteiger partial charge in [-0.15, -0.1) is 0 Å². The summed E-state index contributed by atoms with van der Waals surface area (Å²) in [6, 6.07) is 13.7. The molecule has 2 aromatic carbocycles. The Labute approximate surface area is 117 Å². The van der Waals surface area contributed by atoms with E-state index >= 15 is 0 Å². The molecule has 1 aromatic heterocycles. The second kappa shape index (κ2) is 5.21. The molecular weight excluding hydrogens is 250 g/mol. The van der Waals surface area contributed by atoms with Crippen LogP contribution in [0.3, 0.4) is 0 Å². The number of aromatic nitrogens is 1. The Bertz CT molecular complexity index is 754. The summed E-state index contributed by atoms with van der Waals surface area (Å²) in [6.07, 6.45) is 4.07. The summed E-state index contributed by atoms with van der Waals surface area (Å²) < 4.78 is 11.0. The quantitative estimate of drug-likeness (QED) is 0.697. The molecule has 20 heavy (non-hydrogen) atoms. The summed E-state index contributed by atoms with van der Waals surface area (Å²) in [6.45, 7) is 2.00. The van der Waals surface area contributed by atoms with Crippen molar-refractivity contribution < 1.29 is 9.15 Å². The molecule has 0 atom stereocenters. The first-order chi connectivity index (χ1) is 9.80. The zero-order chi connectivity index (χ0) is 13.9. The highest BCUT2D eigenvalue weighted by atomic mass is 16.5. The van der Waals surface area contributed by atoms with E-state index < -0.39 is 0 Å². The lowest BCUT2D eigenvalue weighted by Crippen LogP contribution is -1.80. The van der Waals surface area contributed by atoms with Gasteiger partial charge >= 0.3 is 0 Å². The van der Waals surface area contributed by atoms with E-state index in [4.69, 9.17) is 9.15 Å². The van der Waals surface area contributed by atoms with Crippen LogP contribution in [0.4, 0.5) is 0 Å². The molecule has 1 heterocycles. The van der Waals surface area contributed by atoms with Crippen LogP contribution in [-0.4, -0.2) is 12.1 Å². The van der Waals surface area contributed by atoms with Crippen LogP contribution in [0.5, 0.6) is 5.75 Å². The van der Waals surface area contributed by atoms with E-state index in [2.05, 4.69) is 11.1 Å². The van der Waals surface area contributed by atoms with Gasteiger partial charge in [0, 0.05) is 11.6 Å². The lowest BCUT2D eigenvalue weighted by atomic mass is 10.1. The number of fused-ring (bicyclic) bond motifs is 1. The molecule has 0 unspecified atom stereocenters. The molecule has 0 aliphatic carbocycles. The summed E-state index contributed by atoms with van der Waals surface area (Å²) in [7, 11) is 1.64. The molecular formula is C17H15NO2. The average molecular weight is 265 g/mol. The van der Waals surface area contributed by atoms with E-state index in [0.717, 1.165) is 28.0 Å². The summed E-state index contributed by atoms with van der Waals surface area (Å²) in [5, 5.41) is 0. The van der Waals surface area contributed by atoms with Gasteiger partial charge in [0.25, 0.3) is 0 Å². The Hall–Kier alpha value is -2.55. The van der Waals surface area contributed by atoms with Gasteiger partial charge in [-0.05, 0) is 36.8 Å². The Kier molecular flexibility index (Phi) is 3.25. The van der Waals surface area contributed by atoms with Crippen LogP contribution < -0.4 is 4.74 Å². The van der Waals surface area contributed by atoms with Gasteiger partial charge in [-0.3, -0.25) is 0 Å². The maximum Gasteiger partial charge on any atom is 0.227 e. The van der Waals surface area contributed by atoms with Gasteiger partial charge in [0.1, 0.15) is 11.3 Å². The Balaban J connectivity index is 2.00. The third-order valence-electron chi connectivity index (χ3n) is 3.11. The minimum Gasteiger partial charge on any atom is -0.497 e. The Morgan fingerprint density at radius 3 is 2.60 bits per heavy atom. The van der Waals surface area contributed by atoms with Gasteiger partial charge < -0.3 is 9.15 Å². The van der Waals surface area contributed by atoms with Crippen molar-refractivity contribution in [3.63, 3.8) is 0 Å². The number of rotatable bonds is 3. The summed E-state index contributed by atoms with van der Waals surface area (Å²) in [4.78, 5) is 4.49. The molecule has 0 fully saturated rings. The van der Waals surface area contributed by atoms with Gasteiger partial charge in [-0.25, -0.2) is 4.98 Å². The fourth-order valence-corrected chi connectivity index (χ4v) is 2.08. The van der Waals surface area contributed by atoms with E-state index in [9.17, 15) is 0 Å². The second-order valence-electron chi connectivity index (χ2n) is 4.47. The van der Waals surface area contributed by atoms with Crippen molar-refractivity contribution in [2.75, 3.05) is 7.11 Å². The summed E-state index contributed by atoms with van der Waals surface area (Å²) in [5.41, 5.74) is 3.69. The van der Waals surface area contributed by atoms with E-state index in [1.807, 2.05) is 55.5 Å². The zero-order valence-electron chi connectivity index (χ0n) is 11.5. The van der Waals surface area contributed by atoms with E-state index in [0.29, 0.717) is 5.89 Å². The number of benzene rings is 2. The summed E-state index contributed by atoms with van der Waals surface area (Å²) in [5.74, 6) is 1.39. The lowest BCUT2D eigenvalue weighted by Gasteiger charge is -1.97. The Morgan fingerprint density at radius 1 is 1.10 bits per heavy atom. The van der Waals surface area contributed by atoms with Crippen molar-refractivity contribution in [3.05, 3.63) is 54.1 Å². The third-order valence-corrected chi connectivity index (χ3v) is 3.11. The minimum atomic E-state index is 0.625. The number of ether oxygens (including phenoxy) is 1. The zero-order valence-corrected chi connectivity index (χ0v) is 11.5. The van der Waals surface area contributed by atoms with Crippen molar-refractivity contribution in [2.24, 2.45) is 0 Å². The first-order valence-electron chi connectivity index (χ1n) is 6.48. The summed E-state index contributed by atoms with van der Waals surface area (Å²) >= 11 is 0. The Morgan fingerprint density at radius 2 is 1.90 bits per heavy atom. The normalized spacial score (nSPS) is 11.3. The molecule has 0 aliphatic heterocycles. The van der Waals surface area contributed by atoms with Crippen LogP contribution in [0, 0.1) is 0 Å². The maximum atomic E-state index is 5.79. The SMILES string of the molecule is C/C=C/c1ccc(-c2nc3ccc(OC)cc3o2)cc1. The first kappa shape index (κ1) is 12.5. The topological polar surface area (TPSA) is 35.3 Å². The smallest absolute Gasteiger partial charge is 0.227 e. The molecule has 0 radical (unpaired) electrons. The first-order valence-corrected chi connectivity index (χ1v) is 6.48. The maximum absolute atomic E-state index is 5.79. The molecule has 0 N–H and O–H groups in total. The van der Waals surface area contributed by atoms with Crippen LogP contribution in [0.1, 0.15) is 12.5 Å². The highest BCUT2D eigenvalue weighted by Gasteiger charge is 2.08. The number of hydrogen-bond donors (Lipinski definition) is 0. The molecule has 0 amide bonds. The predicted octanol–water partition coefficient (Wildman–Crippen LogP) is 4.54. The molecule has 0 bridgehead atoms. The standard InChI is InChI=1S/C17H15NO2/c1-3-4-12-5-7-13(8-6-12)17-18-15-10-9-14(19-2)11-16(15)20-17/h3-11H,1-2H3/b4-3+. The number of oxazole rings is 1. The third kappa shape index (κ3) is 2.30. The predicted molar refractivity (Wildman–Crippen MR) is 80.7 cm³/mol. The molecule has 0 aliphatic rings. The fourth-order valence-electron chi connectivity index (χ4n) is 2.08. The molecule has 0 saturated heterocycles. The van der Waals surface area contributed by atoms with E-state index in [1.54, 1.807) is 7.11 Å². The van der Waals surface area contributed by atoms with Gasteiger partial charge in [-0.2, -0.15) is 0 Å². The molecule has 3 heteroatoms. The minimum absolute atomic E-state index is 0.625. The van der Waals surface area contributed by atoms with Crippen LogP contribution in [0.25, 0.3) is 28.6 Å². The van der Waals surface area contributed by atoms with Gasteiger partial charge in [0.05, 0.1) is 7.11 Å². The van der Waals surface area contributed by atoms with Gasteiger partial charge in [0.15, 0.2) is 5.58 Å². The monoisotopic (exact) mass is 265 g/mol. The van der Waals surface area contributed by atoms with Crippen molar-refractivity contribution in [1.29, 1.82) is 0 Å². The van der Waals surface area contributed by atoms with Crippen LogP contribution >= 0.6 is 0 Å². The van der Waals surface area contributed by atoms with Crippen molar-refractivity contribution in [3.8, 4) is 17.2 Å². The van der Waals surface area contributed by atoms with Gasteiger partial charge in [0.2, 0.25) is 5.89 Å². The number of nitrogens with zero attached hydrogens (tertiary/aromatic N) is 1. The number of hydrogen-bond acceptors (Lipinski definition) is 3. The fraction of sp³-hybridized carbons (Fsp3) is 0.118. The van der Waals surface area contributed by atoms with E-state index in [-0.39, 0.29) is 0 Å². The number of methoxy groups -OCH3 is 1. The van der Waals surface area contributed by atoms with Crippen LogP contribution in [0.2, 0.25) is 0 Å². The van der Waals surface area contributed by atoms with Crippen molar-refractivity contribution in [2.45, 2.75) is 6.92 Å². The average Bonchev–Trinajstić information content (AvgIpc) is 2.91. The van der Waals surface area contributed by atoms with E-state index in [1.165, 1.54) is 0 Å².